The number of carbonyl (C=O) groups is 1. The molecule has 0 aliphatic rings. The van der Waals surface area contributed by atoms with Crippen molar-refractivity contribution >= 4 is 33.3 Å². The Labute approximate surface area is 264 Å². The lowest BCUT2D eigenvalue weighted by molar-refractivity contribution is -0.137. The Bertz CT molecular complexity index is 1030. The molecule has 2 aromatic carbocycles. The number of alkyl halides is 4. The zero-order chi connectivity index (χ0) is 31.7. The van der Waals surface area contributed by atoms with Gasteiger partial charge < -0.3 is 43.2 Å². The van der Waals surface area contributed by atoms with Crippen molar-refractivity contribution in [2.75, 3.05) is 110 Å². The molecule has 2 aromatic rings. The van der Waals surface area contributed by atoms with E-state index in [0.717, 1.165) is 17.5 Å². The Morgan fingerprint density at radius 3 is 1.55 bits per heavy atom. The second-order valence-corrected chi connectivity index (χ2v) is 9.65. The van der Waals surface area contributed by atoms with Crippen molar-refractivity contribution in [3.05, 3.63) is 59.7 Å². The standard InChI is InChI=1S/C30H41BrF3NO9/c31-8-9-37-10-11-38-12-13-39-14-15-40-16-17-41-18-19-42-20-21-43-22-23-44-29(36)27-6-1-2-7-28(27)35-26-5-3-4-25(24-26)30(32,33)34/h1-7,24,35H,8-23H2. The molecule has 0 spiro atoms. The number of ether oxygens (including phenoxy) is 8. The number of halogens is 4. The van der Waals surface area contributed by atoms with E-state index in [9.17, 15) is 18.0 Å². The fourth-order valence-corrected chi connectivity index (χ4v) is 3.67. The number of hydrogen-bond donors (Lipinski definition) is 1. The lowest BCUT2D eigenvalue weighted by Gasteiger charge is -2.13. The molecule has 0 aliphatic carbocycles. The van der Waals surface area contributed by atoms with Gasteiger partial charge in [-0.2, -0.15) is 13.2 Å². The molecule has 14 heteroatoms. The SMILES string of the molecule is O=C(OCCOCCOCCOCCOCCOCCOCCOCCBr)c1ccccc1Nc1cccc(C(F)(F)F)c1. The summed E-state index contributed by atoms with van der Waals surface area (Å²) >= 11 is 3.28. The highest BCUT2D eigenvalue weighted by molar-refractivity contribution is 9.09. The van der Waals surface area contributed by atoms with Gasteiger partial charge in [0.15, 0.2) is 0 Å². The highest BCUT2D eigenvalue weighted by Crippen LogP contribution is 2.32. The maximum absolute atomic E-state index is 13.0. The summed E-state index contributed by atoms with van der Waals surface area (Å²) in [5, 5.41) is 3.67. The summed E-state index contributed by atoms with van der Waals surface area (Å²) in [5.41, 5.74) is -0.0745. The van der Waals surface area contributed by atoms with Crippen LogP contribution in [0, 0.1) is 0 Å². The lowest BCUT2D eigenvalue weighted by Crippen LogP contribution is -2.15. The second kappa shape index (κ2) is 24.0. The number of para-hydroxylation sites is 1. The van der Waals surface area contributed by atoms with E-state index in [-0.39, 0.29) is 24.5 Å². The Hall–Kier alpha value is -2.30. The normalized spacial score (nSPS) is 11.5. The van der Waals surface area contributed by atoms with Gasteiger partial charge in [-0.15, -0.1) is 0 Å². The van der Waals surface area contributed by atoms with Crippen LogP contribution >= 0.6 is 15.9 Å². The van der Waals surface area contributed by atoms with Gasteiger partial charge in [0.05, 0.1) is 109 Å². The number of carbonyl (C=O) groups excluding carboxylic acids is 1. The van der Waals surface area contributed by atoms with Crippen LogP contribution in [0.3, 0.4) is 0 Å². The van der Waals surface area contributed by atoms with Crippen LogP contribution in [0.1, 0.15) is 15.9 Å². The van der Waals surface area contributed by atoms with Crippen LogP contribution in [0.5, 0.6) is 0 Å². The molecule has 0 bridgehead atoms. The van der Waals surface area contributed by atoms with Gasteiger partial charge in [0.1, 0.15) is 6.61 Å². The minimum atomic E-state index is -4.47. The fraction of sp³-hybridized carbons (Fsp3) is 0.567. The van der Waals surface area contributed by atoms with E-state index >= 15 is 0 Å². The highest BCUT2D eigenvalue weighted by Gasteiger charge is 2.30. The maximum atomic E-state index is 13.0. The number of rotatable bonds is 26. The molecular weight excluding hydrogens is 655 g/mol. The van der Waals surface area contributed by atoms with E-state index in [1.54, 1.807) is 18.2 Å². The lowest BCUT2D eigenvalue weighted by atomic mass is 10.1. The third kappa shape index (κ3) is 17.9. The summed E-state index contributed by atoms with van der Waals surface area (Å²) in [6.45, 7) is 6.33. The minimum absolute atomic E-state index is 0.00585. The molecule has 44 heavy (non-hydrogen) atoms. The summed E-state index contributed by atoms with van der Waals surface area (Å²) in [7, 11) is 0. The van der Waals surface area contributed by atoms with Crippen molar-refractivity contribution in [3.63, 3.8) is 0 Å². The molecular formula is C30H41BrF3NO9. The summed E-state index contributed by atoms with van der Waals surface area (Å²) < 4.78 is 82.0. The van der Waals surface area contributed by atoms with Gasteiger partial charge in [-0.25, -0.2) is 4.79 Å². The zero-order valence-electron chi connectivity index (χ0n) is 24.6. The largest absolute Gasteiger partial charge is 0.460 e. The topological polar surface area (TPSA) is 103 Å². The molecule has 0 amide bonds. The summed E-state index contributed by atoms with van der Waals surface area (Å²) in [4.78, 5) is 12.5. The van der Waals surface area contributed by atoms with E-state index < -0.39 is 17.7 Å². The van der Waals surface area contributed by atoms with Crippen molar-refractivity contribution in [1.29, 1.82) is 0 Å². The van der Waals surface area contributed by atoms with E-state index in [0.29, 0.717) is 91.6 Å². The molecule has 248 valence electrons. The number of nitrogens with one attached hydrogen (secondary N) is 1. The summed E-state index contributed by atoms with van der Waals surface area (Å²) in [5.74, 6) is -0.624. The van der Waals surface area contributed by atoms with Crippen LogP contribution in [0.15, 0.2) is 48.5 Å². The molecule has 0 radical (unpaired) electrons. The van der Waals surface area contributed by atoms with Gasteiger partial charge in [0.25, 0.3) is 0 Å². The molecule has 10 nitrogen and oxygen atoms in total. The average molecular weight is 697 g/mol. The predicted molar refractivity (Wildman–Crippen MR) is 161 cm³/mol. The summed E-state index contributed by atoms with van der Waals surface area (Å²) in [6, 6.07) is 11.1. The van der Waals surface area contributed by atoms with Crippen molar-refractivity contribution in [3.8, 4) is 0 Å². The molecule has 0 fully saturated rings. The van der Waals surface area contributed by atoms with Gasteiger partial charge in [-0.3, -0.25) is 0 Å². The van der Waals surface area contributed by atoms with Gasteiger partial charge in [-0.1, -0.05) is 34.1 Å². The first-order valence-electron chi connectivity index (χ1n) is 14.2. The molecule has 0 atom stereocenters. The first-order chi connectivity index (χ1) is 21.4. The number of esters is 1. The van der Waals surface area contributed by atoms with Gasteiger partial charge >= 0.3 is 12.1 Å². The first-order valence-corrected chi connectivity index (χ1v) is 15.3. The van der Waals surface area contributed by atoms with Crippen LogP contribution in [0.4, 0.5) is 24.5 Å². The van der Waals surface area contributed by atoms with Crippen molar-refractivity contribution in [2.24, 2.45) is 0 Å². The second-order valence-electron chi connectivity index (χ2n) is 8.86. The van der Waals surface area contributed by atoms with Crippen LogP contribution in [0.25, 0.3) is 0 Å². The number of hydrogen-bond acceptors (Lipinski definition) is 10. The van der Waals surface area contributed by atoms with E-state index in [2.05, 4.69) is 21.2 Å². The molecule has 2 rings (SSSR count). The monoisotopic (exact) mass is 695 g/mol. The molecule has 0 saturated heterocycles. The van der Waals surface area contributed by atoms with Crippen LogP contribution in [0.2, 0.25) is 0 Å². The van der Waals surface area contributed by atoms with Gasteiger partial charge in [-0.05, 0) is 30.3 Å². The highest BCUT2D eigenvalue weighted by atomic mass is 79.9. The summed E-state index contributed by atoms with van der Waals surface area (Å²) in [6.07, 6.45) is -4.47. The van der Waals surface area contributed by atoms with E-state index in [1.165, 1.54) is 18.2 Å². The Morgan fingerprint density at radius 2 is 1.07 bits per heavy atom. The number of anilines is 2. The van der Waals surface area contributed by atoms with Crippen molar-refractivity contribution in [1.82, 2.24) is 0 Å². The van der Waals surface area contributed by atoms with Crippen molar-refractivity contribution < 1.29 is 55.9 Å². The van der Waals surface area contributed by atoms with E-state index in [4.69, 9.17) is 37.9 Å². The zero-order valence-corrected chi connectivity index (χ0v) is 26.2. The Balaban J connectivity index is 1.42. The fourth-order valence-electron chi connectivity index (χ4n) is 3.45. The quantitative estimate of drug-likeness (QED) is 0.0811. The third-order valence-corrected chi connectivity index (χ3v) is 5.85. The predicted octanol–water partition coefficient (Wildman–Crippen LogP) is 5.12. The minimum Gasteiger partial charge on any atom is -0.460 e. The van der Waals surface area contributed by atoms with Crippen LogP contribution in [-0.2, 0) is 44.1 Å². The molecule has 0 saturated carbocycles. The van der Waals surface area contributed by atoms with Crippen LogP contribution in [-0.4, -0.2) is 110 Å². The van der Waals surface area contributed by atoms with Gasteiger partial charge in [0, 0.05) is 11.0 Å². The Morgan fingerprint density at radius 1 is 0.614 bits per heavy atom. The Kier molecular flexibility index (Phi) is 20.7. The third-order valence-electron chi connectivity index (χ3n) is 5.53. The van der Waals surface area contributed by atoms with E-state index in [1.807, 2.05) is 0 Å². The average Bonchev–Trinajstić information content (AvgIpc) is 3.01. The molecule has 0 aliphatic heterocycles. The van der Waals surface area contributed by atoms with Crippen molar-refractivity contribution in [2.45, 2.75) is 6.18 Å². The molecule has 0 unspecified atom stereocenters. The van der Waals surface area contributed by atoms with Crippen LogP contribution < -0.4 is 5.32 Å². The molecule has 1 N–H and O–H groups in total. The first kappa shape index (κ1) is 37.9. The molecule has 0 aromatic heterocycles. The smallest absolute Gasteiger partial charge is 0.416 e. The maximum Gasteiger partial charge on any atom is 0.416 e. The number of benzene rings is 2. The van der Waals surface area contributed by atoms with Gasteiger partial charge in [0.2, 0.25) is 0 Å². The molecule has 0 heterocycles.